The molecule has 31 heavy (non-hydrogen) atoms. The Kier molecular flexibility index (Phi) is 8.02. The zero-order valence-corrected chi connectivity index (χ0v) is 19.1. The molecule has 0 bridgehead atoms. The summed E-state index contributed by atoms with van der Waals surface area (Å²) < 4.78 is 30.7. The zero-order valence-electron chi connectivity index (χ0n) is 18.2. The molecule has 0 aromatic carbocycles. The minimum absolute atomic E-state index is 0.274. The van der Waals surface area contributed by atoms with Crippen molar-refractivity contribution in [3.8, 4) is 0 Å². The molecule has 0 aliphatic carbocycles. The zero-order chi connectivity index (χ0) is 23.5. The summed E-state index contributed by atoms with van der Waals surface area (Å²) in [5, 5.41) is 8.80. The summed E-state index contributed by atoms with van der Waals surface area (Å²) in [6, 6.07) is 0. The Hall–Kier alpha value is -2.23. The molecule has 12 heteroatoms. The van der Waals surface area contributed by atoms with Gasteiger partial charge in [0.1, 0.15) is 12.2 Å². The van der Waals surface area contributed by atoms with E-state index in [1.54, 1.807) is 20.3 Å². The Morgan fingerprint density at radius 1 is 1.29 bits per heavy atom. The van der Waals surface area contributed by atoms with Gasteiger partial charge >= 0.3 is 17.6 Å². The average molecular weight is 460 g/mol. The Bertz CT molecular complexity index is 979. The summed E-state index contributed by atoms with van der Waals surface area (Å²) >= 11 is 0. The quantitative estimate of drug-likeness (QED) is 0.402. The predicted molar refractivity (Wildman–Crippen MR) is 111 cm³/mol. The summed E-state index contributed by atoms with van der Waals surface area (Å²) in [5.74, 6) is -2.23. The fourth-order valence-corrected chi connectivity index (χ4v) is 5.32. The number of nitrogens with one attached hydrogen (secondary N) is 1. The third-order valence-corrected chi connectivity index (χ3v) is 6.47. The highest BCUT2D eigenvalue weighted by Gasteiger charge is 2.51. The van der Waals surface area contributed by atoms with Gasteiger partial charge in [0.05, 0.1) is 20.0 Å². The maximum atomic E-state index is 12.4. The summed E-state index contributed by atoms with van der Waals surface area (Å²) in [4.78, 5) is 49.4. The van der Waals surface area contributed by atoms with E-state index in [0.29, 0.717) is 6.16 Å². The molecule has 2 heterocycles. The van der Waals surface area contributed by atoms with Crippen molar-refractivity contribution in [3.63, 3.8) is 0 Å². The smallest absolute Gasteiger partial charge is 0.330 e. The van der Waals surface area contributed by atoms with Crippen LogP contribution in [0, 0.1) is 12.8 Å². The minimum atomic E-state index is -2.46. The summed E-state index contributed by atoms with van der Waals surface area (Å²) in [5.41, 5.74) is -0.979. The van der Waals surface area contributed by atoms with Crippen LogP contribution in [-0.2, 0) is 28.4 Å². The van der Waals surface area contributed by atoms with Crippen molar-refractivity contribution in [2.45, 2.75) is 51.2 Å². The van der Waals surface area contributed by atoms with Crippen LogP contribution in [0.2, 0.25) is 0 Å². The SMILES string of the molecule is CO[C@@H]1[C@H](OC(=O)CCC(=O)O)[C@@H]([C@H](C)CP(C)(C)=O)O[C@H]1n1cc(C)c(=O)[nH]c1=O. The summed E-state index contributed by atoms with van der Waals surface area (Å²) in [6.45, 7) is 6.58. The van der Waals surface area contributed by atoms with E-state index in [4.69, 9.17) is 19.3 Å². The van der Waals surface area contributed by atoms with E-state index in [2.05, 4.69) is 4.98 Å². The highest BCUT2D eigenvalue weighted by Crippen LogP contribution is 2.43. The number of carboxylic acids is 1. The number of ether oxygens (including phenoxy) is 3. The highest BCUT2D eigenvalue weighted by atomic mass is 31.2. The largest absolute Gasteiger partial charge is 0.481 e. The number of aryl methyl sites for hydroxylation is 1. The lowest BCUT2D eigenvalue weighted by atomic mass is 9.99. The number of esters is 1. The van der Waals surface area contributed by atoms with Crippen molar-refractivity contribution >= 4 is 19.1 Å². The number of H-pyrrole nitrogens is 1. The Balaban J connectivity index is 2.41. The molecule has 2 N–H and O–H groups in total. The first kappa shape index (κ1) is 25.0. The molecule has 1 aromatic heterocycles. The maximum absolute atomic E-state index is 12.4. The number of hydrogen-bond donors (Lipinski definition) is 2. The molecule has 174 valence electrons. The molecule has 1 aliphatic heterocycles. The van der Waals surface area contributed by atoms with Crippen LogP contribution in [0.25, 0.3) is 0 Å². The van der Waals surface area contributed by atoms with E-state index >= 15 is 0 Å². The fraction of sp³-hybridized carbons (Fsp3) is 0.684. The third-order valence-electron chi connectivity index (χ3n) is 5.02. The number of aromatic nitrogens is 2. The van der Waals surface area contributed by atoms with Gasteiger partial charge in [-0.1, -0.05) is 6.92 Å². The van der Waals surface area contributed by atoms with Crippen molar-refractivity contribution in [1.82, 2.24) is 9.55 Å². The first-order valence-corrected chi connectivity index (χ1v) is 12.6. The average Bonchev–Trinajstić information content (AvgIpc) is 2.99. The normalized spacial score (nSPS) is 24.7. The molecule has 2 rings (SSSR count). The first-order chi connectivity index (χ1) is 14.3. The molecule has 1 fully saturated rings. The van der Waals surface area contributed by atoms with Crippen LogP contribution in [0.3, 0.4) is 0 Å². The van der Waals surface area contributed by atoms with Crippen LogP contribution in [0.15, 0.2) is 15.8 Å². The van der Waals surface area contributed by atoms with Crippen LogP contribution in [-0.4, -0.2) is 71.5 Å². The van der Waals surface area contributed by atoms with Gasteiger partial charge in [0, 0.05) is 25.0 Å². The number of methoxy groups -OCH3 is 1. The topological polar surface area (TPSA) is 154 Å². The van der Waals surface area contributed by atoms with Gasteiger partial charge in [-0.15, -0.1) is 0 Å². The van der Waals surface area contributed by atoms with E-state index in [-0.39, 0.29) is 17.9 Å². The van der Waals surface area contributed by atoms with Gasteiger partial charge < -0.3 is 23.9 Å². The number of aliphatic carboxylic acids is 1. The molecule has 0 spiro atoms. The second-order valence-electron chi connectivity index (χ2n) is 8.25. The van der Waals surface area contributed by atoms with Crippen molar-refractivity contribution in [1.29, 1.82) is 0 Å². The van der Waals surface area contributed by atoms with Crippen LogP contribution in [0.5, 0.6) is 0 Å². The Labute approximate surface area is 179 Å². The van der Waals surface area contributed by atoms with Gasteiger partial charge in [0.15, 0.2) is 12.3 Å². The monoisotopic (exact) mass is 460 g/mol. The molecule has 1 aliphatic rings. The molecular weight excluding hydrogens is 431 g/mol. The number of carbonyl (C=O) groups is 2. The van der Waals surface area contributed by atoms with Crippen LogP contribution in [0.4, 0.5) is 0 Å². The van der Waals surface area contributed by atoms with E-state index in [0.717, 1.165) is 4.57 Å². The fourth-order valence-electron chi connectivity index (χ4n) is 3.72. The Morgan fingerprint density at radius 3 is 2.48 bits per heavy atom. The highest BCUT2D eigenvalue weighted by molar-refractivity contribution is 7.62. The van der Waals surface area contributed by atoms with Gasteiger partial charge in [-0.05, 0) is 26.2 Å². The number of carboxylic acid groups (broad SMARTS) is 1. The van der Waals surface area contributed by atoms with Gasteiger partial charge in [0.2, 0.25) is 0 Å². The summed E-state index contributed by atoms with van der Waals surface area (Å²) in [6.07, 6.45) is -2.80. The Morgan fingerprint density at radius 2 is 1.94 bits per heavy atom. The third kappa shape index (κ3) is 6.38. The summed E-state index contributed by atoms with van der Waals surface area (Å²) in [7, 11) is -1.10. The molecule has 0 amide bonds. The maximum Gasteiger partial charge on any atom is 0.330 e. The van der Waals surface area contributed by atoms with Gasteiger partial charge in [-0.2, -0.15) is 0 Å². The number of carbonyl (C=O) groups excluding carboxylic acids is 1. The van der Waals surface area contributed by atoms with Crippen molar-refractivity contribution in [3.05, 3.63) is 32.6 Å². The molecule has 1 saturated heterocycles. The molecule has 1 aromatic rings. The molecule has 5 atom stereocenters. The number of aromatic amines is 1. The molecule has 11 nitrogen and oxygen atoms in total. The van der Waals surface area contributed by atoms with E-state index in [1.165, 1.54) is 20.2 Å². The lowest BCUT2D eigenvalue weighted by Gasteiger charge is -2.27. The van der Waals surface area contributed by atoms with E-state index in [9.17, 15) is 23.7 Å². The van der Waals surface area contributed by atoms with Gasteiger partial charge in [-0.3, -0.25) is 23.9 Å². The van der Waals surface area contributed by atoms with E-state index < -0.39 is 61.3 Å². The lowest BCUT2D eigenvalue weighted by Crippen LogP contribution is -2.42. The second-order valence-corrected chi connectivity index (χ2v) is 11.8. The number of nitrogens with zero attached hydrogens (tertiary/aromatic N) is 1. The number of rotatable bonds is 9. The second kappa shape index (κ2) is 9.93. The number of hydrogen-bond acceptors (Lipinski definition) is 8. The van der Waals surface area contributed by atoms with Crippen LogP contribution < -0.4 is 11.2 Å². The lowest BCUT2D eigenvalue weighted by molar-refractivity contribution is -0.159. The van der Waals surface area contributed by atoms with Crippen molar-refractivity contribution in [2.24, 2.45) is 5.92 Å². The predicted octanol–water partition coefficient (Wildman–Crippen LogP) is 0.793. The minimum Gasteiger partial charge on any atom is -0.481 e. The standard InChI is InChI=1S/C19H29N2O9P/c1-10-8-21(19(26)20-17(10)25)18-16(28-3)15(29-13(24)7-6-12(22)23)14(30-18)11(2)9-31(4,5)27/h8,11,14-16,18H,6-7,9H2,1-5H3,(H,22,23)(H,20,25,26)/t11-,14-,15-,16-,18-/m1/s1. The van der Waals surface area contributed by atoms with Crippen LogP contribution >= 0.6 is 7.14 Å². The molecule has 0 radical (unpaired) electrons. The van der Waals surface area contributed by atoms with Crippen LogP contribution in [0.1, 0.15) is 31.6 Å². The first-order valence-electron chi connectivity index (χ1n) is 9.79. The van der Waals surface area contributed by atoms with Crippen molar-refractivity contribution in [2.75, 3.05) is 26.6 Å². The van der Waals surface area contributed by atoms with Crippen molar-refractivity contribution < 1.29 is 33.5 Å². The van der Waals surface area contributed by atoms with Gasteiger partial charge in [-0.25, -0.2) is 4.79 Å². The molecule has 0 unspecified atom stereocenters. The molecule has 0 saturated carbocycles. The van der Waals surface area contributed by atoms with E-state index in [1.807, 2.05) is 0 Å². The van der Waals surface area contributed by atoms with Gasteiger partial charge in [0.25, 0.3) is 5.56 Å². The molecular formula is C19H29N2O9P.